The van der Waals surface area contributed by atoms with Crippen LogP contribution in [0.4, 0.5) is 4.39 Å². The van der Waals surface area contributed by atoms with Gasteiger partial charge in [-0.3, -0.25) is 4.68 Å². The Hall–Kier alpha value is -4.49. The molecular weight excluding hydrogens is 491 g/mol. The second-order valence-corrected chi connectivity index (χ2v) is 9.56. The van der Waals surface area contributed by atoms with E-state index in [-0.39, 0.29) is 5.82 Å². The summed E-state index contributed by atoms with van der Waals surface area (Å²) in [5.41, 5.74) is 5.84. The van der Waals surface area contributed by atoms with Gasteiger partial charge in [0.05, 0.1) is 11.1 Å². The molecule has 1 aliphatic rings. The summed E-state index contributed by atoms with van der Waals surface area (Å²) < 4.78 is 29.4. The molecule has 0 fully saturated rings. The summed E-state index contributed by atoms with van der Waals surface area (Å²) in [6, 6.07) is 27.0. The van der Waals surface area contributed by atoms with Crippen LogP contribution >= 0.6 is 0 Å². The fourth-order valence-electron chi connectivity index (χ4n) is 4.84. The molecule has 7 heteroatoms. The van der Waals surface area contributed by atoms with Crippen molar-refractivity contribution in [2.24, 2.45) is 7.05 Å². The third-order valence-corrected chi connectivity index (χ3v) is 6.89. The van der Waals surface area contributed by atoms with E-state index in [0.29, 0.717) is 47.2 Å². The lowest BCUT2D eigenvalue weighted by Crippen LogP contribution is -2.20. The molecule has 1 aliphatic heterocycles. The van der Waals surface area contributed by atoms with E-state index in [1.54, 1.807) is 16.8 Å². The first-order valence-electron chi connectivity index (χ1n) is 13.1. The van der Waals surface area contributed by atoms with E-state index in [9.17, 15) is 0 Å². The van der Waals surface area contributed by atoms with Crippen LogP contribution in [-0.4, -0.2) is 27.9 Å². The molecule has 6 rings (SSSR count). The Morgan fingerprint density at radius 1 is 0.872 bits per heavy atom. The predicted octanol–water partition coefficient (Wildman–Crippen LogP) is 6.31. The Bertz CT molecular complexity index is 1630. The molecule has 6 nitrogen and oxygen atoms in total. The van der Waals surface area contributed by atoms with Crippen molar-refractivity contribution in [2.45, 2.75) is 19.6 Å². The number of hydrogen-bond acceptors (Lipinski definition) is 5. The van der Waals surface area contributed by atoms with Gasteiger partial charge in [0.1, 0.15) is 24.7 Å². The Labute approximate surface area is 226 Å². The van der Waals surface area contributed by atoms with E-state index in [0.717, 1.165) is 41.7 Å². The Kier molecular flexibility index (Phi) is 7.06. The van der Waals surface area contributed by atoms with E-state index in [1.807, 2.05) is 79.8 Å². The summed E-state index contributed by atoms with van der Waals surface area (Å²) in [4.78, 5) is 4.71. The van der Waals surface area contributed by atoms with Gasteiger partial charge in [-0.2, -0.15) is 10.1 Å². The topological polar surface area (TPSA) is 61.2 Å². The number of aromatic nitrogens is 3. The molecule has 2 aromatic heterocycles. The van der Waals surface area contributed by atoms with Gasteiger partial charge in [0.15, 0.2) is 0 Å². The number of nitrogens with one attached hydrogen (secondary N) is 1. The van der Waals surface area contributed by atoms with E-state index < -0.39 is 0 Å². The molecule has 0 amide bonds. The van der Waals surface area contributed by atoms with Crippen LogP contribution in [0.3, 0.4) is 0 Å². The predicted molar refractivity (Wildman–Crippen MR) is 151 cm³/mol. The molecule has 1 N–H and O–H groups in total. The number of halogens is 1. The molecule has 196 valence electrons. The Balaban J connectivity index is 1.38. The van der Waals surface area contributed by atoms with Gasteiger partial charge in [-0.25, -0.2) is 4.39 Å². The van der Waals surface area contributed by atoms with Crippen molar-refractivity contribution in [3.63, 3.8) is 0 Å². The monoisotopic (exact) mass is 520 g/mol. The number of ether oxygens (including phenoxy) is 2. The second kappa shape index (κ2) is 11.1. The van der Waals surface area contributed by atoms with Gasteiger partial charge in [-0.15, -0.1) is 0 Å². The molecular formula is C32H29FN4O2. The summed E-state index contributed by atoms with van der Waals surface area (Å²) in [5, 5.41) is 8.77. The van der Waals surface area contributed by atoms with Gasteiger partial charge in [0.25, 0.3) is 0 Å². The summed E-state index contributed by atoms with van der Waals surface area (Å²) in [7, 11) is 1.87. The van der Waals surface area contributed by atoms with Crippen molar-refractivity contribution in [1.82, 2.24) is 20.1 Å². The van der Waals surface area contributed by atoms with Crippen LogP contribution < -0.4 is 14.8 Å². The summed E-state index contributed by atoms with van der Waals surface area (Å²) in [6.07, 6.45) is 2.84. The molecule has 0 unspecified atom stereocenters. The number of rotatable bonds is 8. The highest BCUT2D eigenvalue weighted by molar-refractivity contribution is 5.96. The molecule has 3 heterocycles. The highest BCUT2D eigenvalue weighted by Crippen LogP contribution is 2.37. The molecule has 0 atom stereocenters. The van der Waals surface area contributed by atoms with Crippen molar-refractivity contribution >= 4 is 16.5 Å². The number of nitrogens with zero attached hydrogens (tertiary/aromatic N) is 3. The highest BCUT2D eigenvalue weighted by atomic mass is 19.1. The van der Waals surface area contributed by atoms with E-state index in [4.69, 9.17) is 19.6 Å². The van der Waals surface area contributed by atoms with Crippen LogP contribution in [-0.2, 0) is 20.3 Å². The lowest BCUT2D eigenvalue weighted by Gasteiger charge is -2.15. The molecule has 0 aliphatic carbocycles. The van der Waals surface area contributed by atoms with Gasteiger partial charge in [0.2, 0.25) is 11.8 Å². The molecule has 0 bridgehead atoms. The highest BCUT2D eigenvalue weighted by Gasteiger charge is 2.21. The normalized spacial score (nSPS) is 13.3. The van der Waals surface area contributed by atoms with Gasteiger partial charge < -0.3 is 14.8 Å². The van der Waals surface area contributed by atoms with Crippen LogP contribution in [0.1, 0.15) is 23.1 Å². The summed E-state index contributed by atoms with van der Waals surface area (Å²) >= 11 is 0. The maximum Gasteiger partial charge on any atom is 0.226 e. The van der Waals surface area contributed by atoms with Crippen molar-refractivity contribution in [2.75, 3.05) is 13.1 Å². The fourth-order valence-corrected chi connectivity index (χ4v) is 4.84. The minimum absolute atomic E-state index is 0.257. The van der Waals surface area contributed by atoms with Gasteiger partial charge in [-0.1, -0.05) is 66.7 Å². The lowest BCUT2D eigenvalue weighted by atomic mass is 9.97. The van der Waals surface area contributed by atoms with Crippen molar-refractivity contribution in [3.8, 4) is 23.0 Å². The first kappa shape index (κ1) is 24.8. The van der Waals surface area contributed by atoms with Crippen molar-refractivity contribution in [1.29, 1.82) is 0 Å². The first-order valence-corrected chi connectivity index (χ1v) is 13.1. The molecule has 3 aromatic carbocycles. The van der Waals surface area contributed by atoms with Crippen LogP contribution in [0.2, 0.25) is 0 Å². The number of fused-ring (bicyclic) bond motifs is 1. The average Bonchev–Trinajstić information content (AvgIpc) is 3.30. The zero-order valence-corrected chi connectivity index (χ0v) is 21.7. The standard InChI is InChI=1S/C32H29FN4O2/c1-37-29-19-26(24-14-16-34-17-15-24)28(33)18-27(29)31(36-37)25-12-13-30(38-20-22-8-4-2-5-9-22)35-32(25)39-21-23-10-6-3-7-11-23/h2-14,18-19,34H,15-17,20-21H2,1H3. The number of benzene rings is 3. The van der Waals surface area contributed by atoms with Crippen LogP contribution in [0.25, 0.3) is 27.7 Å². The van der Waals surface area contributed by atoms with E-state index in [1.165, 1.54) is 0 Å². The van der Waals surface area contributed by atoms with Crippen molar-refractivity contribution in [3.05, 3.63) is 114 Å². The van der Waals surface area contributed by atoms with Gasteiger partial charge in [-0.05, 0) is 47.9 Å². The minimum Gasteiger partial charge on any atom is -0.473 e. The maximum absolute atomic E-state index is 15.4. The zero-order valence-electron chi connectivity index (χ0n) is 21.7. The van der Waals surface area contributed by atoms with Gasteiger partial charge >= 0.3 is 0 Å². The molecule has 5 aromatic rings. The van der Waals surface area contributed by atoms with Gasteiger partial charge in [0, 0.05) is 30.6 Å². The van der Waals surface area contributed by atoms with Crippen LogP contribution in [0.15, 0.2) is 91.0 Å². The molecule has 0 radical (unpaired) electrons. The fraction of sp³-hybridized carbons (Fsp3) is 0.188. The molecule has 0 saturated heterocycles. The number of aryl methyl sites for hydroxylation is 1. The number of hydrogen-bond donors (Lipinski definition) is 1. The smallest absolute Gasteiger partial charge is 0.226 e. The summed E-state index contributed by atoms with van der Waals surface area (Å²) in [6.45, 7) is 2.30. The SMILES string of the molecule is Cn1nc(-c2ccc(OCc3ccccc3)nc2OCc2ccccc2)c2cc(F)c(C3=CCNCC3)cc21. The van der Waals surface area contributed by atoms with Crippen molar-refractivity contribution < 1.29 is 13.9 Å². The lowest BCUT2D eigenvalue weighted by molar-refractivity contribution is 0.268. The average molecular weight is 521 g/mol. The maximum atomic E-state index is 15.4. The zero-order chi connectivity index (χ0) is 26.6. The largest absolute Gasteiger partial charge is 0.473 e. The Morgan fingerprint density at radius 2 is 1.59 bits per heavy atom. The number of pyridine rings is 1. The summed E-state index contributed by atoms with van der Waals surface area (Å²) in [5.74, 6) is 0.569. The minimum atomic E-state index is -0.257. The van der Waals surface area contributed by atoms with E-state index in [2.05, 4.69) is 11.4 Å². The quantitative estimate of drug-likeness (QED) is 0.260. The second-order valence-electron chi connectivity index (χ2n) is 9.56. The molecule has 39 heavy (non-hydrogen) atoms. The van der Waals surface area contributed by atoms with E-state index >= 15 is 4.39 Å². The first-order chi connectivity index (χ1) is 19.2. The molecule has 0 spiro atoms. The third-order valence-electron chi connectivity index (χ3n) is 6.89. The Morgan fingerprint density at radius 3 is 2.28 bits per heavy atom. The van der Waals surface area contributed by atoms with Crippen LogP contribution in [0.5, 0.6) is 11.8 Å². The van der Waals surface area contributed by atoms with Crippen LogP contribution in [0, 0.1) is 5.82 Å². The third kappa shape index (κ3) is 5.40. The molecule has 0 saturated carbocycles.